The Bertz CT molecular complexity index is 914. The Morgan fingerprint density at radius 3 is 2.79 bits per heavy atom. The average Bonchev–Trinajstić information content (AvgIpc) is 2.96. The summed E-state index contributed by atoms with van der Waals surface area (Å²) < 4.78 is 12.0. The van der Waals surface area contributed by atoms with Crippen molar-refractivity contribution in [2.24, 2.45) is 0 Å². The number of ether oxygens (including phenoxy) is 1. The van der Waals surface area contributed by atoms with Crippen molar-refractivity contribution in [3.8, 4) is 11.4 Å². The molecule has 4 N–H and O–H groups in total. The Morgan fingerprint density at radius 2 is 2.00 bits per heavy atom. The number of rotatable bonds is 5. The average molecular weight is 326 g/mol. The van der Waals surface area contributed by atoms with Gasteiger partial charge in [-0.15, -0.1) is 0 Å². The second kappa shape index (κ2) is 6.49. The lowest BCUT2D eigenvalue weighted by Crippen LogP contribution is -2.17. The van der Waals surface area contributed by atoms with Gasteiger partial charge in [0.05, 0.1) is 11.4 Å². The molecule has 0 atom stereocenters. The fraction of sp³-hybridized carbons (Fsp3) is 0.176. The molecule has 124 valence electrons. The van der Waals surface area contributed by atoms with Crippen LogP contribution in [0.15, 0.2) is 51.8 Å². The molecule has 7 nitrogen and oxygen atoms in total. The van der Waals surface area contributed by atoms with Crippen molar-refractivity contribution in [2.45, 2.75) is 20.0 Å². The van der Waals surface area contributed by atoms with Gasteiger partial charge in [-0.3, -0.25) is 4.52 Å². The molecule has 0 saturated heterocycles. The fourth-order valence-electron chi connectivity index (χ4n) is 2.42. The van der Waals surface area contributed by atoms with Gasteiger partial charge in [0.25, 0.3) is 0 Å². The van der Waals surface area contributed by atoms with Crippen LogP contribution in [0.1, 0.15) is 18.3 Å². The topological polar surface area (TPSA) is 109 Å². The van der Waals surface area contributed by atoms with Gasteiger partial charge in [0.1, 0.15) is 12.4 Å². The summed E-state index contributed by atoms with van der Waals surface area (Å²) >= 11 is 0. The highest BCUT2D eigenvalue weighted by atomic mass is 16.5. The van der Waals surface area contributed by atoms with E-state index in [0.717, 1.165) is 5.56 Å². The van der Waals surface area contributed by atoms with Gasteiger partial charge in [-0.2, -0.15) is 0 Å². The summed E-state index contributed by atoms with van der Waals surface area (Å²) in [6.45, 7) is 2.13. The Kier molecular flexibility index (Phi) is 4.24. The maximum absolute atomic E-state index is 12.0. The van der Waals surface area contributed by atoms with Gasteiger partial charge in [-0.05, 0) is 18.2 Å². The largest absolute Gasteiger partial charge is 0.487 e. The minimum Gasteiger partial charge on any atom is -0.487 e. The molecule has 1 heterocycles. The molecule has 0 aliphatic carbocycles. The van der Waals surface area contributed by atoms with E-state index in [9.17, 15) is 4.79 Å². The molecule has 0 fully saturated rings. The van der Waals surface area contributed by atoms with Crippen LogP contribution in [0.4, 0.5) is 11.4 Å². The molecule has 1 aromatic heterocycles. The second-order valence-electron chi connectivity index (χ2n) is 5.27. The lowest BCUT2D eigenvalue weighted by Gasteiger charge is -2.13. The smallest absolute Gasteiger partial charge is 0.446 e. The summed E-state index contributed by atoms with van der Waals surface area (Å²) in [5.74, 6) is 0.525. The van der Waals surface area contributed by atoms with Crippen molar-refractivity contribution in [2.75, 3.05) is 11.5 Å². The van der Waals surface area contributed by atoms with E-state index in [0.29, 0.717) is 35.1 Å². The number of nitrogens with zero attached hydrogens (tertiary/aromatic N) is 2. The second-order valence-corrected chi connectivity index (χ2v) is 5.27. The van der Waals surface area contributed by atoms with Gasteiger partial charge < -0.3 is 16.2 Å². The molecule has 3 rings (SSSR count). The molecular formula is C17H18N4O3. The number of aromatic nitrogens is 2. The number of anilines is 2. The zero-order valence-corrected chi connectivity index (χ0v) is 13.2. The normalized spacial score (nSPS) is 10.7. The third-order valence-corrected chi connectivity index (χ3v) is 3.64. The number of hydrogen-bond acceptors (Lipinski definition) is 6. The molecular weight excluding hydrogens is 308 g/mol. The lowest BCUT2D eigenvalue weighted by atomic mass is 10.2. The third-order valence-electron chi connectivity index (χ3n) is 3.64. The molecule has 0 spiro atoms. The number of benzene rings is 2. The van der Waals surface area contributed by atoms with Gasteiger partial charge in [-0.25, -0.2) is 9.36 Å². The highest BCUT2D eigenvalue weighted by Gasteiger charge is 2.14. The Hall–Kier alpha value is -3.22. The van der Waals surface area contributed by atoms with E-state index >= 15 is 0 Å². The number of hydrogen-bond donors (Lipinski definition) is 2. The molecule has 0 amide bonds. The Labute approximate surface area is 138 Å². The summed E-state index contributed by atoms with van der Waals surface area (Å²) in [7, 11) is 0. The van der Waals surface area contributed by atoms with Crippen LogP contribution >= 0.6 is 0 Å². The van der Waals surface area contributed by atoms with E-state index in [1.165, 1.54) is 4.57 Å². The zero-order valence-electron chi connectivity index (χ0n) is 13.2. The van der Waals surface area contributed by atoms with Crippen LogP contribution in [0.5, 0.6) is 5.75 Å². The highest BCUT2D eigenvalue weighted by molar-refractivity contribution is 5.59. The van der Waals surface area contributed by atoms with E-state index in [2.05, 4.69) is 5.16 Å². The fourth-order valence-corrected chi connectivity index (χ4v) is 2.42. The lowest BCUT2D eigenvalue weighted by molar-refractivity contribution is 0.307. The quantitative estimate of drug-likeness (QED) is 0.695. The molecule has 0 unspecified atom stereocenters. The summed E-state index contributed by atoms with van der Waals surface area (Å²) in [5, 5.41) is 3.79. The Morgan fingerprint density at radius 1 is 1.21 bits per heavy atom. The minimum atomic E-state index is -0.525. The predicted molar refractivity (Wildman–Crippen MR) is 91.1 cm³/mol. The summed E-state index contributed by atoms with van der Waals surface area (Å²) in [4.78, 5) is 12.0. The standard InChI is InChI=1S/C17H18N4O3/c1-2-16-20-24-17(22)21(16)14-6-4-3-5-11(14)10-23-15-9-12(18)7-8-13(15)19/h3-9H,2,10,18-19H2,1H3. The first kappa shape index (κ1) is 15.7. The van der Waals surface area contributed by atoms with Crippen molar-refractivity contribution >= 4 is 11.4 Å². The van der Waals surface area contributed by atoms with E-state index in [-0.39, 0.29) is 6.61 Å². The molecule has 0 aliphatic rings. The maximum Gasteiger partial charge on any atom is 0.446 e. The van der Waals surface area contributed by atoms with Crippen LogP contribution < -0.4 is 22.0 Å². The molecule has 0 aliphatic heterocycles. The minimum absolute atomic E-state index is 0.227. The van der Waals surface area contributed by atoms with Crippen LogP contribution in [0, 0.1) is 0 Å². The first-order valence-electron chi connectivity index (χ1n) is 7.53. The highest BCUT2D eigenvalue weighted by Crippen LogP contribution is 2.26. The first-order valence-corrected chi connectivity index (χ1v) is 7.53. The van der Waals surface area contributed by atoms with Gasteiger partial charge in [0.15, 0.2) is 5.82 Å². The van der Waals surface area contributed by atoms with Gasteiger partial charge >= 0.3 is 5.76 Å². The molecule has 24 heavy (non-hydrogen) atoms. The molecule has 0 radical (unpaired) electrons. The SMILES string of the molecule is CCc1noc(=O)n1-c1ccccc1COc1cc(N)ccc1N. The monoisotopic (exact) mass is 326 g/mol. The van der Waals surface area contributed by atoms with Crippen LogP contribution in [0.3, 0.4) is 0 Å². The first-order chi connectivity index (χ1) is 11.6. The van der Waals surface area contributed by atoms with Gasteiger partial charge in [0, 0.05) is 23.7 Å². The number of nitrogen functional groups attached to an aromatic ring is 2. The Balaban J connectivity index is 1.94. The number of nitrogens with two attached hydrogens (primary N) is 2. The maximum atomic E-state index is 12.0. The van der Waals surface area contributed by atoms with Crippen molar-refractivity contribution < 1.29 is 9.26 Å². The van der Waals surface area contributed by atoms with Crippen LogP contribution in [0.2, 0.25) is 0 Å². The summed E-state index contributed by atoms with van der Waals surface area (Å²) in [5.41, 5.74) is 14.2. The van der Waals surface area contributed by atoms with Crippen molar-refractivity contribution in [3.05, 3.63) is 64.4 Å². The van der Waals surface area contributed by atoms with Crippen molar-refractivity contribution in [1.82, 2.24) is 9.72 Å². The molecule has 7 heteroatoms. The molecule has 0 bridgehead atoms. The predicted octanol–water partition coefficient (Wildman–Crippen LogP) is 2.13. The van der Waals surface area contributed by atoms with E-state index in [1.807, 2.05) is 31.2 Å². The zero-order chi connectivity index (χ0) is 17.1. The van der Waals surface area contributed by atoms with Gasteiger partial charge in [-0.1, -0.05) is 30.3 Å². The summed E-state index contributed by atoms with van der Waals surface area (Å²) in [6.07, 6.45) is 0.573. The third kappa shape index (κ3) is 2.96. The van der Waals surface area contributed by atoms with Gasteiger partial charge in [0.2, 0.25) is 0 Å². The van der Waals surface area contributed by atoms with Crippen molar-refractivity contribution in [1.29, 1.82) is 0 Å². The van der Waals surface area contributed by atoms with E-state index in [1.54, 1.807) is 18.2 Å². The van der Waals surface area contributed by atoms with Crippen LogP contribution in [0.25, 0.3) is 5.69 Å². The summed E-state index contributed by atoms with van der Waals surface area (Å²) in [6, 6.07) is 12.5. The van der Waals surface area contributed by atoms with Crippen LogP contribution in [-0.4, -0.2) is 9.72 Å². The van der Waals surface area contributed by atoms with Crippen LogP contribution in [-0.2, 0) is 13.0 Å². The molecule has 3 aromatic rings. The number of aryl methyl sites for hydroxylation is 1. The number of para-hydroxylation sites is 1. The van der Waals surface area contributed by atoms with E-state index < -0.39 is 5.76 Å². The van der Waals surface area contributed by atoms with Crippen molar-refractivity contribution in [3.63, 3.8) is 0 Å². The molecule has 2 aromatic carbocycles. The molecule has 0 saturated carbocycles. The van der Waals surface area contributed by atoms with E-state index in [4.69, 9.17) is 20.7 Å².